The molecule has 2 aromatic rings. The molecule has 0 aromatic heterocycles. The lowest BCUT2D eigenvalue weighted by Gasteiger charge is -2.30. The molecule has 0 saturated carbocycles. The highest BCUT2D eigenvalue weighted by Gasteiger charge is 2.46. The second kappa shape index (κ2) is 82.0. The summed E-state index contributed by atoms with van der Waals surface area (Å²) in [5.41, 5.74) is 3.68. The number of amides is 3. The number of hydrogen-bond acceptors (Lipinski definition) is 41. The number of allylic oxidation sites excluding steroid dienone is 6. The third-order valence-electron chi connectivity index (χ3n) is 20.7. The van der Waals surface area contributed by atoms with Gasteiger partial charge in [0.2, 0.25) is 11.6 Å². The largest absolute Gasteiger partial charge is 0.744 e. The molecule has 0 aliphatic carbocycles. The fourth-order valence-electron chi connectivity index (χ4n) is 13.8. The van der Waals surface area contributed by atoms with Crippen molar-refractivity contribution in [1.29, 1.82) is 0 Å². The first-order valence-corrected chi connectivity index (χ1v) is 50.2. The van der Waals surface area contributed by atoms with Crippen molar-refractivity contribution in [2.75, 3.05) is 348 Å². The minimum Gasteiger partial charge on any atom is -0.744 e. The van der Waals surface area contributed by atoms with Crippen molar-refractivity contribution in [3.05, 3.63) is 83.6 Å². The maximum Gasteiger partial charge on any atom is 0.333 e. The Morgan fingerprint density at radius 2 is 0.832 bits per heavy atom. The quantitative estimate of drug-likeness (QED) is 0.0125. The predicted molar refractivity (Wildman–Crippen MR) is 494 cm³/mol. The maximum absolute atomic E-state index is 12.9. The topological polar surface area (TPSA) is 461 Å². The van der Waals surface area contributed by atoms with E-state index < -0.39 is 38.7 Å². The number of anilines is 1. The van der Waals surface area contributed by atoms with Crippen LogP contribution in [0.2, 0.25) is 0 Å². The van der Waals surface area contributed by atoms with Crippen molar-refractivity contribution in [1.82, 2.24) is 10.4 Å². The first-order valence-electron chi connectivity index (χ1n) is 47.1. The second-order valence-electron chi connectivity index (χ2n) is 31.1. The lowest BCUT2D eigenvalue weighted by atomic mass is 9.77. The van der Waals surface area contributed by atoms with E-state index in [9.17, 15) is 42.7 Å². The van der Waals surface area contributed by atoms with E-state index in [-0.39, 0.29) is 30.1 Å². The molecule has 3 heterocycles. The van der Waals surface area contributed by atoms with Gasteiger partial charge in [-0.3, -0.25) is 24.5 Å². The van der Waals surface area contributed by atoms with Crippen molar-refractivity contribution in [2.45, 2.75) is 118 Å². The van der Waals surface area contributed by atoms with Crippen LogP contribution in [0.15, 0.2) is 82.3 Å². The number of hydroxylamine groups is 2. The lowest BCUT2D eigenvalue weighted by molar-refractivity contribution is -0.777. The van der Waals surface area contributed by atoms with E-state index in [0.717, 1.165) is 59.6 Å². The number of ether oxygens (including phenoxy) is 24. The average Bonchev–Trinajstić information content (AvgIpc) is 1.59. The number of benzene rings is 2. The van der Waals surface area contributed by atoms with Gasteiger partial charge in [0, 0.05) is 109 Å². The molecule has 1 fully saturated rings. The van der Waals surface area contributed by atoms with Gasteiger partial charge in [0.25, 0.3) is 11.8 Å². The lowest BCUT2D eigenvalue weighted by Crippen LogP contribution is -2.32. The number of carbonyl (C=O) groups is 4. The molecular weight excluding hydrogens is 1870 g/mol. The van der Waals surface area contributed by atoms with Crippen LogP contribution in [0.25, 0.3) is 0 Å². The Morgan fingerprint density at radius 3 is 1.23 bits per heavy atom. The van der Waals surface area contributed by atoms with Gasteiger partial charge in [-0.25, -0.2) is 13.2 Å². The number of unbranched alkanes of at least 4 members (excludes halogenated alkanes) is 4. The monoisotopic (exact) mass is 2010 g/mol. The van der Waals surface area contributed by atoms with Crippen molar-refractivity contribution >= 4 is 75.0 Å². The highest BCUT2D eigenvalue weighted by Crippen LogP contribution is 2.52. The Morgan fingerprint density at radius 1 is 0.445 bits per heavy atom. The molecule has 0 spiro atoms. The molecule has 1 unspecified atom stereocenters. The summed E-state index contributed by atoms with van der Waals surface area (Å²) >= 11 is 1.65. The minimum atomic E-state index is -4.85. The molecule has 786 valence electrons. The van der Waals surface area contributed by atoms with E-state index in [1.54, 1.807) is 13.2 Å². The summed E-state index contributed by atoms with van der Waals surface area (Å²) in [6.45, 7) is 29.4. The van der Waals surface area contributed by atoms with Crippen LogP contribution in [0.5, 0.6) is 0 Å². The highest BCUT2D eigenvalue weighted by molar-refractivity contribution is 7.94. The van der Waals surface area contributed by atoms with Gasteiger partial charge in [0.05, 0.1) is 333 Å². The van der Waals surface area contributed by atoms with E-state index in [1.165, 1.54) is 12.1 Å². The third-order valence-corrected chi connectivity index (χ3v) is 22.7. The zero-order valence-corrected chi connectivity index (χ0v) is 82.9. The van der Waals surface area contributed by atoms with Crippen LogP contribution >= 0.6 is 24.1 Å². The van der Waals surface area contributed by atoms with Crippen LogP contribution in [0.1, 0.15) is 109 Å². The summed E-state index contributed by atoms with van der Waals surface area (Å²) in [5.74, 6) is -1.55. The molecule has 1 atom stereocenters. The molecule has 0 bridgehead atoms. The van der Waals surface area contributed by atoms with E-state index in [4.69, 9.17) is 119 Å². The van der Waals surface area contributed by atoms with Gasteiger partial charge in [-0.15, -0.1) is 5.06 Å². The number of nitrogens with zero attached hydrogens (tertiary/aromatic N) is 3. The van der Waals surface area contributed by atoms with Gasteiger partial charge in [-0.05, 0) is 94.8 Å². The first-order chi connectivity index (χ1) is 67.1. The molecular formula is C92H150N4O38S3-2. The third kappa shape index (κ3) is 57.6. The number of nitrogens with one attached hydrogen (secondary N) is 1. The molecule has 1 N–H and O–H groups in total. The standard InChI is InChI=1S/C92H152N4O38S3/c1-91(2)81-77-79(136-134-132-102)19-21-83(81)94(85(91)15-8-5-9-16-86-92(3,25-12-6-11-18-90(100)130-96-88(98)23-24-89(96)99)82-78-80(137(103,104)105)20-22-84(82)95(86)28-14-76-135-133-131-101)27-13-7-10-17-87(97)93-26-29-107-32-33-109-36-37-111-40-41-113-44-45-115-48-49-117-52-53-119-56-57-121-60-61-123-64-65-125-68-69-127-72-73-129-75-74-128-71-70-126-67-66-124-63-62-122-59-58-120-55-54-118-51-50-116-47-46-114-43-42-112-39-38-110-35-34-108-31-30-106-4/h5,8-9,15-16,19-22,77-78H,6-7,10-14,17-18,23-76H2,1-4H3,(H3-,93,97,101,102,103,104,105)/p-2. The minimum absolute atomic E-state index is 0.0223. The Bertz CT molecular complexity index is 3660. The van der Waals surface area contributed by atoms with Gasteiger partial charge in [-0.1, -0.05) is 31.1 Å². The van der Waals surface area contributed by atoms with Crippen LogP contribution in [-0.4, -0.2) is 395 Å². The molecule has 3 aliphatic heterocycles. The number of rotatable bonds is 98. The Labute approximate surface area is 815 Å². The second-order valence-corrected chi connectivity index (χ2v) is 34.1. The van der Waals surface area contributed by atoms with Crippen LogP contribution < -0.4 is 20.7 Å². The Hall–Kier alpha value is -5.38. The maximum atomic E-state index is 12.9. The summed E-state index contributed by atoms with van der Waals surface area (Å²) in [6.07, 6.45) is 14.6. The van der Waals surface area contributed by atoms with Crippen molar-refractivity contribution in [3.63, 3.8) is 0 Å². The molecule has 2 aromatic carbocycles. The van der Waals surface area contributed by atoms with Crippen molar-refractivity contribution < 1.29 is 185 Å². The van der Waals surface area contributed by atoms with Crippen LogP contribution in [0.3, 0.4) is 0 Å². The first kappa shape index (κ1) is 122. The normalized spacial score (nSPS) is 15.2. The number of imide groups is 1. The number of hydrogen-bond donors (Lipinski definition) is 1. The summed E-state index contributed by atoms with van der Waals surface area (Å²) < 4.78 is 181. The Kier molecular flexibility index (Phi) is 73.1. The molecule has 3 amide bonds. The predicted octanol–water partition coefficient (Wildman–Crippen LogP) is 5.50. The molecule has 42 nitrogen and oxygen atoms in total. The van der Waals surface area contributed by atoms with Crippen LogP contribution in [0.4, 0.5) is 11.4 Å². The van der Waals surface area contributed by atoms with E-state index in [2.05, 4.69) is 42.5 Å². The summed E-state index contributed by atoms with van der Waals surface area (Å²) in [5, 5.41) is 32.0. The average molecular weight is 2020 g/mol. The van der Waals surface area contributed by atoms with Gasteiger partial charge in [0.15, 0.2) is 5.71 Å². The molecule has 3 aliphatic rings. The SMILES string of the molecule is COCCOCCOCCOCCOCCOCCOCCOCCOCCOCCOCCOCCOCCOCCOCCOCCOCCOCCOCCOCCOCCOCCOCCOCCNC(=O)CCCCC[N+]1=C(C=CC=CC=C2N(CCCSOO[O-])c3ccc(S(=O)(=O)[O-])cc3C2(C)CCCCCC(=O)ON2C(=O)CCC2=O)C(C)(C)c2cc(SOO[O-])ccc21. The van der Waals surface area contributed by atoms with Crippen molar-refractivity contribution in [2.24, 2.45) is 0 Å². The van der Waals surface area contributed by atoms with Crippen molar-refractivity contribution in [3.8, 4) is 0 Å². The van der Waals surface area contributed by atoms with Gasteiger partial charge in [0.1, 0.15) is 16.7 Å². The molecule has 0 radical (unpaired) electrons. The smallest absolute Gasteiger partial charge is 0.333 e. The molecule has 137 heavy (non-hydrogen) atoms. The van der Waals surface area contributed by atoms with Gasteiger partial charge >= 0.3 is 5.97 Å². The number of methoxy groups -OCH3 is 1. The zero-order valence-electron chi connectivity index (χ0n) is 80.5. The number of fused-ring (bicyclic) bond motifs is 2. The van der Waals surface area contributed by atoms with Crippen LogP contribution in [0, 0.1) is 0 Å². The molecule has 45 heteroatoms. The number of carbonyl (C=O) groups excluding carboxylic acids is 4. The van der Waals surface area contributed by atoms with Gasteiger partial charge < -0.3 is 144 Å². The molecule has 5 rings (SSSR count). The highest BCUT2D eigenvalue weighted by atomic mass is 32.2. The summed E-state index contributed by atoms with van der Waals surface area (Å²) in [7, 11) is -3.21. The summed E-state index contributed by atoms with van der Waals surface area (Å²) in [6, 6.07) is 10.1. The fraction of sp³-hybridized carbons (Fsp3) is 0.750. The summed E-state index contributed by atoms with van der Waals surface area (Å²) in [4.78, 5) is 56.9. The van der Waals surface area contributed by atoms with E-state index >= 15 is 0 Å². The van der Waals surface area contributed by atoms with E-state index in [1.807, 2.05) is 60.4 Å². The van der Waals surface area contributed by atoms with Gasteiger partial charge in [-0.2, -0.15) is 13.2 Å². The zero-order chi connectivity index (χ0) is 98.1. The fourth-order valence-corrected chi connectivity index (χ4v) is 15.0. The molecule has 1 saturated heterocycles. The Balaban J connectivity index is 0.755. The van der Waals surface area contributed by atoms with E-state index in [0.29, 0.717) is 402 Å². The van der Waals surface area contributed by atoms with Crippen LogP contribution in [-0.2, 0) is 177 Å².